The maximum Gasteiger partial charge on any atom is 0.0619 e. The van der Waals surface area contributed by atoms with Gasteiger partial charge in [0.2, 0.25) is 0 Å². The molecule has 0 atom stereocenters. The molecule has 4 heteroatoms. The number of nitrogens with one attached hydrogen (secondary N) is 2. The molecule has 0 aromatic carbocycles. The van der Waals surface area contributed by atoms with Crippen LogP contribution in [-0.4, -0.2) is 45.1 Å². The number of aliphatic hydroxyl groups is 2. The molecule has 2 fully saturated rings. The van der Waals surface area contributed by atoms with Gasteiger partial charge in [-0.15, -0.1) is 0 Å². The molecule has 0 saturated heterocycles. The van der Waals surface area contributed by atoms with E-state index in [1.54, 1.807) is 0 Å². The fourth-order valence-electron chi connectivity index (χ4n) is 4.39. The lowest BCUT2D eigenvalue weighted by Gasteiger charge is -2.38. The van der Waals surface area contributed by atoms with Gasteiger partial charge in [0.05, 0.1) is 11.7 Å². The van der Waals surface area contributed by atoms with Crippen molar-refractivity contribution in [3.63, 3.8) is 0 Å². The van der Waals surface area contributed by atoms with E-state index in [4.69, 9.17) is 0 Å². The maximum absolute atomic E-state index is 9.94. The van der Waals surface area contributed by atoms with Crippen LogP contribution in [0.2, 0.25) is 0 Å². The van der Waals surface area contributed by atoms with E-state index in [2.05, 4.69) is 52.2 Å². The first-order chi connectivity index (χ1) is 12.2. The molecule has 0 aliphatic heterocycles. The first-order valence-corrected chi connectivity index (χ1v) is 11.1. The molecule has 4 nitrogen and oxygen atoms in total. The average molecular weight is 385 g/mol. The Bertz CT molecular complexity index is 402. The van der Waals surface area contributed by atoms with Gasteiger partial charge in [0, 0.05) is 23.2 Å². The molecule has 27 heavy (non-hydrogen) atoms. The first kappa shape index (κ1) is 24.9. The topological polar surface area (TPSA) is 64.5 Å². The molecular weight excluding hydrogens is 336 g/mol. The summed E-state index contributed by atoms with van der Waals surface area (Å²) in [7, 11) is 0. The second kappa shape index (κ2) is 10.0. The maximum atomic E-state index is 9.94. The molecule has 2 aliphatic rings. The molecule has 0 heterocycles. The second-order valence-corrected chi connectivity index (χ2v) is 11.5. The molecule has 0 bridgehead atoms. The third kappa shape index (κ3) is 11.4. The lowest BCUT2D eigenvalue weighted by molar-refractivity contribution is -0.00391. The quantitative estimate of drug-likeness (QED) is 0.583. The Hall–Kier alpha value is -0.160. The van der Waals surface area contributed by atoms with Crippen molar-refractivity contribution in [3.8, 4) is 0 Å². The Kier molecular flexibility index (Phi) is 9.26. The molecule has 2 rings (SSSR count). The predicted molar refractivity (Wildman–Crippen MR) is 116 cm³/mol. The fourth-order valence-corrected chi connectivity index (χ4v) is 4.39. The highest BCUT2D eigenvalue weighted by Crippen LogP contribution is 2.33. The minimum absolute atomic E-state index is 0.0389. The Balaban J connectivity index is 0.000000277. The van der Waals surface area contributed by atoms with Crippen LogP contribution in [0.15, 0.2) is 0 Å². The van der Waals surface area contributed by atoms with Crippen LogP contribution in [0.5, 0.6) is 0 Å². The zero-order valence-electron chi connectivity index (χ0n) is 19.4. The van der Waals surface area contributed by atoms with E-state index >= 15 is 0 Å². The Labute approximate surface area is 168 Å². The van der Waals surface area contributed by atoms with Crippen LogP contribution in [0.1, 0.15) is 107 Å². The van der Waals surface area contributed by atoms with Crippen molar-refractivity contribution in [1.82, 2.24) is 10.6 Å². The normalized spacial score (nSPS) is 30.4. The highest BCUT2D eigenvalue weighted by atomic mass is 16.3. The van der Waals surface area contributed by atoms with Crippen LogP contribution in [-0.2, 0) is 0 Å². The van der Waals surface area contributed by atoms with Crippen molar-refractivity contribution >= 4 is 0 Å². The molecule has 0 radical (unpaired) electrons. The second-order valence-electron chi connectivity index (χ2n) is 11.5. The molecule has 0 spiro atoms. The van der Waals surface area contributed by atoms with Crippen molar-refractivity contribution in [2.45, 2.75) is 142 Å². The van der Waals surface area contributed by atoms with Gasteiger partial charge in [0.15, 0.2) is 0 Å². The van der Waals surface area contributed by atoms with Crippen LogP contribution in [0.4, 0.5) is 0 Å². The van der Waals surface area contributed by atoms with Gasteiger partial charge in [-0.1, -0.05) is 0 Å². The number of rotatable bonds is 3. The third-order valence-electron chi connectivity index (χ3n) is 5.70. The van der Waals surface area contributed by atoms with Gasteiger partial charge in [-0.2, -0.15) is 0 Å². The summed E-state index contributed by atoms with van der Waals surface area (Å²) in [5.41, 5.74) is -0.0636. The minimum Gasteiger partial charge on any atom is -0.393 e. The van der Waals surface area contributed by atoms with E-state index in [1.807, 2.05) is 13.8 Å². The number of hydrogen-bond donors (Lipinski definition) is 4. The van der Waals surface area contributed by atoms with Crippen molar-refractivity contribution in [1.29, 1.82) is 0 Å². The van der Waals surface area contributed by atoms with Gasteiger partial charge in [0.1, 0.15) is 0 Å². The third-order valence-corrected chi connectivity index (χ3v) is 5.70. The molecule has 2 aliphatic carbocycles. The number of hydrogen-bond acceptors (Lipinski definition) is 4. The first-order valence-electron chi connectivity index (χ1n) is 11.1. The monoisotopic (exact) mass is 384 g/mol. The van der Waals surface area contributed by atoms with Crippen molar-refractivity contribution < 1.29 is 10.2 Å². The Morgan fingerprint density at radius 2 is 0.926 bits per heavy atom. The Morgan fingerprint density at radius 3 is 1.22 bits per heavy atom. The SMILES string of the molecule is CC(C)(C)NC1CCC(C(C)(C)O)CC1.CC(C)(C)NC1CCC(O)CC1. The van der Waals surface area contributed by atoms with Gasteiger partial charge in [-0.3, -0.25) is 0 Å². The summed E-state index contributed by atoms with van der Waals surface area (Å²) in [5.74, 6) is 0.482. The summed E-state index contributed by atoms with van der Waals surface area (Å²) < 4.78 is 0. The molecule has 2 saturated carbocycles. The van der Waals surface area contributed by atoms with Crippen molar-refractivity contribution in [2.24, 2.45) is 5.92 Å². The average Bonchev–Trinajstić information content (AvgIpc) is 2.47. The van der Waals surface area contributed by atoms with E-state index < -0.39 is 5.60 Å². The molecular formula is C23H48N2O2. The lowest BCUT2D eigenvalue weighted by Crippen LogP contribution is -2.46. The van der Waals surface area contributed by atoms with Crippen molar-refractivity contribution in [3.05, 3.63) is 0 Å². The van der Waals surface area contributed by atoms with Gasteiger partial charge >= 0.3 is 0 Å². The van der Waals surface area contributed by atoms with Crippen LogP contribution in [0, 0.1) is 5.92 Å². The molecule has 0 unspecified atom stereocenters. The van der Waals surface area contributed by atoms with Gasteiger partial charge in [-0.05, 0) is 113 Å². The largest absolute Gasteiger partial charge is 0.393 e. The van der Waals surface area contributed by atoms with E-state index in [-0.39, 0.29) is 17.2 Å². The van der Waals surface area contributed by atoms with Gasteiger partial charge in [0.25, 0.3) is 0 Å². The van der Waals surface area contributed by atoms with E-state index in [9.17, 15) is 10.2 Å². The molecule has 0 aromatic rings. The number of aliphatic hydroxyl groups excluding tert-OH is 1. The molecule has 0 aromatic heterocycles. The summed E-state index contributed by atoms with van der Waals surface area (Å²) in [6.07, 6.45) is 8.84. The summed E-state index contributed by atoms with van der Waals surface area (Å²) >= 11 is 0. The van der Waals surface area contributed by atoms with Crippen molar-refractivity contribution in [2.75, 3.05) is 0 Å². The zero-order valence-corrected chi connectivity index (χ0v) is 19.4. The summed E-state index contributed by atoms with van der Waals surface area (Å²) in [5, 5.41) is 26.5. The summed E-state index contributed by atoms with van der Waals surface area (Å²) in [4.78, 5) is 0. The summed E-state index contributed by atoms with van der Waals surface area (Å²) in [6, 6.07) is 1.26. The predicted octanol–water partition coefficient (Wildman–Crippen LogP) is 4.38. The standard InChI is InChI=1S/C13H27NO.C10H21NO/c1-12(2,3)14-11-8-6-10(7-9-11)13(4,5)15;1-10(2,3)11-8-4-6-9(12)7-5-8/h10-11,14-15H,6-9H2,1-5H3;8-9,11-12H,4-7H2,1-3H3. The van der Waals surface area contributed by atoms with Crippen LogP contribution >= 0.6 is 0 Å². The highest BCUT2D eigenvalue weighted by Gasteiger charge is 2.32. The van der Waals surface area contributed by atoms with E-state index in [0.717, 1.165) is 38.5 Å². The Morgan fingerprint density at radius 1 is 0.593 bits per heavy atom. The van der Waals surface area contributed by atoms with Gasteiger partial charge < -0.3 is 20.8 Å². The van der Waals surface area contributed by atoms with Crippen LogP contribution in [0.25, 0.3) is 0 Å². The van der Waals surface area contributed by atoms with Crippen LogP contribution < -0.4 is 10.6 Å². The highest BCUT2D eigenvalue weighted by molar-refractivity contribution is 4.87. The minimum atomic E-state index is -0.493. The van der Waals surface area contributed by atoms with Crippen LogP contribution in [0.3, 0.4) is 0 Å². The lowest BCUT2D eigenvalue weighted by atomic mass is 9.77. The van der Waals surface area contributed by atoms with Gasteiger partial charge in [-0.25, -0.2) is 0 Å². The zero-order chi connectivity index (χ0) is 20.9. The smallest absolute Gasteiger partial charge is 0.0619 e. The fraction of sp³-hybridized carbons (Fsp3) is 1.00. The molecule has 4 N–H and O–H groups in total. The van der Waals surface area contributed by atoms with E-state index in [0.29, 0.717) is 18.0 Å². The summed E-state index contributed by atoms with van der Waals surface area (Å²) in [6.45, 7) is 17.1. The van der Waals surface area contributed by atoms with E-state index in [1.165, 1.54) is 12.8 Å². The molecule has 162 valence electrons. The molecule has 0 amide bonds.